The third kappa shape index (κ3) is 3.85. The van der Waals surface area contributed by atoms with Gasteiger partial charge in [-0.15, -0.1) is 0 Å². The first-order chi connectivity index (χ1) is 9.95. The van der Waals surface area contributed by atoms with E-state index in [1.165, 1.54) is 19.3 Å². The third-order valence-electron chi connectivity index (χ3n) is 3.92. The number of hydrogen-bond donors (Lipinski definition) is 2. The molecule has 0 atom stereocenters. The van der Waals surface area contributed by atoms with Gasteiger partial charge in [0.05, 0.1) is 6.61 Å². The number of hydrogen-bond acceptors (Lipinski definition) is 5. The number of nitrogens with one attached hydrogen (secondary N) is 1. The maximum absolute atomic E-state index is 12.4. The molecule has 0 aromatic carbocycles. The molecule has 6 nitrogen and oxygen atoms in total. The lowest BCUT2D eigenvalue weighted by atomic mass is 10.1. The highest BCUT2D eigenvalue weighted by Crippen LogP contribution is 2.26. The maximum Gasteiger partial charge on any atom is 0.244 e. The van der Waals surface area contributed by atoms with Gasteiger partial charge in [-0.3, -0.25) is 0 Å². The average Bonchev–Trinajstić information content (AvgIpc) is 2.74. The molecule has 2 heterocycles. The van der Waals surface area contributed by atoms with Gasteiger partial charge in [-0.1, -0.05) is 6.42 Å². The Morgan fingerprint density at radius 1 is 1.19 bits per heavy atom. The van der Waals surface area contributed by atoms with Crippen molar-refractivity contribution in [3.63, 3.8) is 0 Å². The zero-order chi connectivity index (χ0) is 15.5. The van der Waals surface area contributed by atoms with Crippen LogP contribution in [-0.4, -0.2) is 44.6 Å². The van der Waals surface area contributed by atoms with E-state index in [-0.39, 0.29) is 11.5 Å². The molecule has 120 valence electrons. The van der Waals surface area contributed by atoms with Gasteiger partial charge in [-0.25, -0.2) is 13.1 Å². The number of aryl methyl sites for hydroxylation is 2. The minimum Gasteiger partial charge on any atom is -0.465 e. The van der Waals surface area contributed by atoms with Crippen molar-refractivity contribution in [2.24, 2.45) is 0 Å². The summed E-state index contributed by atoms with van der Waals surface area (Å²) in [6, 6.07) is 0. The zero-order valence-corrected chi connectivity index (χ0v) is 13.5. The molecule has 0 spiro atoms. The van der Waals surface area contributed by atoms with Gasteiger partial charge >= 0.3 is 0 Å². The van der Waals surface area contributed by atoms with E-state index < -0.39 is 10.0 Å². The van der Waals surface area contributed by atoms with E-state index >= 15 is 0 Å². The van der Waals surface area contributed by atoms with Crippen molar-refractivity contribution < 1.29 is 17.9 Å². The molecule has 1 aliphatic heterocycles. The van der Waals surface area contributed by atoms with Gasteiger partial charge in [0.15, 0.2) is 0 Å². The van der Waals surface area contributed by atoms with Crippen LogP contribution in [0, 0.1) is 13.8 Å². The third-order valence-corrected chi connectivity index (χ3v) is 5.58. The molecule has 0 bridgehead atoms. The topological polar surface area (TPSA) is 82.8 Å². The van der Waals surface area contributed by atoms with Gasteiger partial charge < -0.3 is 14.4 Å². The monoisotopic (exact) mass is 316 g/mol. The van der Waals surface area contributed by atoms with Crippen LogP contribution >= 0.6 is 0 Å². The highest BCUT2D eigenvalue weighted by molar-refractivity contribution is 7.89. The van der Waals surface area contributed by atoms with Crippen LogP contribution in [0.5, 0.6) is 0 Å². The average molecular weight is 316 g/mol. The number of aliphatic hydroxyl groups excluding tert-OH is 1. The van der Waals surface area contributed by atoms with Gasteiger partial charge in [-0.2, -0.15) is 0 Å². The SMILES string of the molecule is Cc1oc(C)c(S(=O)(=O)NCCN2CCCCC2)c1CO. The second-order valence-electron chi connectivity index (χ2n) is 5.48. The Bertz CT molecular complexity index is 574. The van der Waals surface area contributed by atoms with Crippen LogP contribution < -0.4 is 4.72 Å². The van der Waals surface area contributed by atoms with E-state index in [2.05, 4.69) is 9.62 Å². The molecule has 0 radical (unpaired) electrons. The number of piperidine rings is 1. The summed E-state index contributed by atoms with van der Waals surface area (Å²) in [6.45, 7) is 6.07. The predicted molar refractivity (Wildman–Crippen MR) is 79.6 cm³/mol. The second kappa shape index (κ2) is 6.91. The summed E-state index contributed by atoms with van der Waals surface area (Å²) in [4.78, 5) is 2.35. The van der Waals surface area contributed by atoms with Crippen molar-refractivity contribution >= 4 is 10.0 Å². The summed E-state index contributed by atoms with van der Waals surface area (Å²) in [7, 11) is -3.64. The fourth-order valence-corrected chi connectivity index (χ4v) is 4.29. The fourth-order valence-electron chi connectivity index (χ4n) is 2.84. The number of aliphatic hydroxyl groups is 1. The lowest BCUT2D eigenvalue weighted by Gasteiger charge is -2.26. The molecule has 0 saturated carbocycles. The molecule has 0 aliphatic carbocycles. The zero-order valence-electron chi connectivity index (χ0n) is 12.7. The Hall–Kier alpha value is -0.890. The minimum absolute atomic E-state index is 0.0844. The highest BCUT2D eigenvalue weighted by atomic mass is 32.2. The quantitative estimate of drug-likeness (QED) is 0.823. The summed E-state index contributed by atoms with van der Waals surface area (Å²) in [6.07, 6.45) is 3.62. The molecule has 7 heteroatoms. The van der Waals surface area contributed by atoms with E-state index in [9.17, 15) is 13.5 Å². The summed E-state index contributed by atoms with van der Waals surface area (Å²) >= 11 is 0. The van der Waals surface area contributed by atoms with Gasteiger partial charge in [0.2, 0.25) is 10.0 Å². The standard InChI is InChI=1S/C14H24N2O4S/c1-11-13(10-17)14(12(2)20-11)21(18,19)15-6-9-16-7-4-3-5-8-16/h15,17H,3-10H2,1-2H3. The minimum atomic E-state index is -3.64. The number of furan rings is 1. The maximum atomic E-state index is 12.4. The summed E-state index contributed by atoms with van der Waals surface area (Å²) < 4.78 is 32.7. The normalized spacial score (nSPS) is 17.3. The van der Waals surface area contributed by atoms with Crippen molar-refractivity contribution in [1.29, 1.82) is 0 Å². The predicted octanol–water partition coefficient (Wildman–Crippen LogP) is 1.15. The highest BCUT2D eigenvalue weighted by Gasteiger charge is 2.26. The number of sulfonamides is 1. The van der Waals surface area contributed by atoms with Crippen molar-refractivity contribution in [3.8, 4) is 0 Å². The van der Waals surface area contributed by atoms with Gasteiger partial charge in [0.25, 0.3) is 0 Å². The molecule has 2 rings (SSSR count). The van der Waals surface area contributed by atoms with E-state index in [1.807, 2.05) is 0 Å². The summed E-state index contributed by atoms with van der Waals surface area (Å²) in [5, 5.41) is 9.34. The Kier molecular flexibility index (Phi) is 5.43. The summed E-state index contributed by atoms with van der Waals surface area (Å²) in [5.74, 6) is 0.772. The van der Waals surface area contributed by atoms with Crippen LogP contribution in [0.2, 0.25) is 0 Å². The van der Waals surface area contributed by atoms with E-state index in [0.717, 1.165) is 13.1 Å². The van der Waals surface area contributed by atoms with Crippen LogP contribution in [0.3, 0.4) is 0 Å². The molecular formula is C14H24N2O4S. The molecule has 2 N–H and O–H groups in total. The lowest BCUT2D eigenvalue weighted by Crippen LogP contribution is -2.37. The molecule has 0 unspecified atom stereocenters. The first kappa shape index (κ1) is 16.5. The molecular weight excluding hydrogens is 292 g/mol. The van der Waals surface area contributed by atoms with Crippen LogP contribution in [0.15, 0.2) is 9.31 Å². The molecule has 21 heavy (non-hydrogen) atoms. The van der Waals surface area contributed by atoms with Crippen LogP contribution in [0.4, 0.5) is 0 Å². The molecule has 1 fully saturated rings. The number of nitrogens with zero attached hydrogens (tertiary/aromatic N) is 1. The van der Waals surface area contributed by atoms with E-state index in [1.54, 1.807) is 13.8 Å². The van der Waals surface area contributed by atoms with Gasteiger partial charge in [0.1, 0.15) is 16.4 Å². The largest absolute Gasteiger partial charge is 0.465 e. The van der Waals surface area contributed by atoms with Crippen LogP contribution in [-0.2, 0) is 16.6 Å². The van der Waals surface area contributed by atoms with Crippen molar-refractivity contribution in [2.75, 3.05) is 26.2 Å². The number of rotatable bonds is 6. The van der Waals surface area contributed by atoms with Crippen LogP contribution in [0.25, 0.3) is 0 Å². The Morgan fingerprint density at radius 3 is 2.48 bits per heavy atom. The summed E-state index contributed by atoms with van der Waals surface area (Å²) in [5.41, 5.74) is 0.345. The molecule has 1 saturated heterocycles. The molecule has 1 aromatic rings. The number of likely N-dealkylation sites (tertiary alicyclic amines) is 1. The van der Waals surface area contributed by atoms with Crippen molar-refractivity contribution in [2.45, 2.75) is 44.6 Å². The lowest BCUT2D eigenvalue weighted by molar-refractivity contribution is 0.232. The Morgan fingerprint density at radius 2 is 1.86 bits per heavy atom. The Balaban J connectivity index is 2.01. The molecule has 1 aliphatic rings. The Labute approximate surface area is 126 Å². The van der Waals surface area contributed by atoms with Crippen molar-refractivity contribution in [3.05, 3.63) is 17.1 Å². The van der Waals surface area contributed by atoms with Crippen LogP contribution in [0.1, 0.15) is 36.3 Å². The van der Waals surface area contributed by atoms with Gasteiger partial charge in [0, 0.05) is 18.7 Å². The van der Waals surface area contributed by atoms with Crippen molar-refractivity contribution in [1.82, 2.24) is 9.62 Å². The fraction of sp³-hybridized carbons (Fsp3) is 0.714. The first-order valence-electron chi connectivity index (χ1n) is 7.37. The molecule has 1 aromatic heterocycles. The van der Waals surface area contributed by atoms with Gasteiger partial charge in [-0.05, 0) is 39.8 Å². The van der Waals surface area contributed by atoms with E-state index in [4.69, 9.17) is 4.42 Å². The molecule has 0 amide bonds. The second-order valence-corrected chi connectivity index (χ2v) is 7.18. The van der Waals surface area contributed by atoms with E-state index in [0.29, 0.717) is 30.2 Å². The smallest absolute Gasteiger partial charge is 0.244 e. The first-order valence-corrected chi connectivity index (χ1v) is 8.86.